The van der Waals surface area contributed by atoms with Gasteiger partial charge in [-0.2, -0.15) is 0 Å². The molecule has 3 nitrogen and oxygen atoms in total. The van der Waals surface area contributed by atoms with Gasteiger partial charge in [0.05, 0.1) is 6.61 Å². The van der Waals surface area contributed by atoms with E-state index in [1.54, 1.807) is 6.92 Å². The summed E-state index contributed by atoms with van der Waals surface area (Å²) >= 11 is 0. The second-order valence-corrected chi connectivity index (χ2v) is 5.61. The number of carbonyl (C=O) groups is 1. The first-order valence-electron chi connectivity index (χ1n) is 7.04. The van der Waals surface area contributed by atoms with Crippen LogP contribution in [0.3, 0.4) is 0 Å². The van der Waals surface area contributed by atoms with Gasteiger partial charge in [0.2, 0.25) is 0 Å². The zero-order valence-electron chi connectivity index (χ0n) is 12.1. The number of Topliss-reactive ketones (excluding diaryl/α,β-unsaturated/α-hetero) is 1. The van der Waals surface area contributed by atoms with Gasteiger partial charge in [0.15, 0.2) is 5.78 Å². The van der Waals surface area contributed by atoms with Crippen molar-refractivity contribution in [3.05, 3.63) is 29.3 Å². The van der Waals surface area contributed by atoms with Crippen molar-refractivity contribution >= 4 is 11.5 Å². The van der Waals surface area contributed by atoms with Gasteiger partial charge in [-0.15, -0.1) is 0 Å². The lowest BCUT2D eigenvalue weighted by Crippen LogP contribution is -2.25. The van der Waals surface area contributed by atoms with Gasteiger partial charge in [0.25, 0.3) is 0 Å². The normalized spacial score (nSPS) is 14.0. The van der Waals surface area contributed by atoms with Gasteiger partial charge < -0.3 is 9.64 Å². The average molecular weight is 261 g/mol. The van der Waals surface area contributed by atoms with Crippen molar-refractivity contribution in [1.29, 1.82) is 0 Å². The van der Waals surface area contributed by atoms with Gasteiger partial charge in [-0.25, -0.2) is 0 Å². The monoisotopic (exact) mass is 261 g/mol. The molecule has 0 aliphatic carbocycles. The highest BCUT2D eigenvalue weighted by Gasteiger charge is 2.19. The van der Waals surface area contributed by atoms with Crippen LogP contribution in [0.2, 0.25) is 0 Å². The van der Waals surface area contributed by atoms with Gasteiger partial charge in [-0.1, -0.05) is 13.8 Å². The maximum atomic E-state index is 11.4. The van der Waals surface area contributed by atoms with Crippen LogP contribution in [0.15, 0.2) is 18.2 Å². The van der Waals surface area contributed by atoms with Crippen molar-refractivity contribution in [3.63, 3.8) is 0 Å². The van der Waals surface area contributed by atoms with Crippen LogP contribution in [0.25, 0.3) is 0 Å². The van der Waals surface area contributed by atoms with E-state index in [0.717, 1.165) is 38.3 Å². The minimum absolute atomic E-state index is 0.140. The third kappa shape index (κ3) is 3.57. The largest absolute Gasteiger partial charge is 0.379 e. The number of carbonyl (C=O) groups excluding carboxylic acids is 1. The Morgan fingerprint density at radius 3 is 2.89 bits per heavy atom. The lowest BCUT2D eigenvalue weighted by molar-refractivity contribution is 0.101. The van der Waals surface area contributed by atoms with E-state index >= 15 is 0 Å². The van der Waals surface area contributed by atoms with Crippen LogP contribution in [0.4, 0.5) is 5.69 Å². The fraction of sp³-hybridized carbons (Fsp3) is 0.562. The third-order valence-electron chi connectivity index (χ3n) is 3.43. The van der Waals surface area contributed by atoms with Crippen LogP contribution >= 0.6 is 0 Å². The van der Waals surface area contributed by atoms with Gasteiger partial charge in [0, 0.05) is 30.9 Å². The van der Waals surface area contributed by atoms with Crippen molar-refractivity contribution in [3.8, 4) is 0 Å². The lowest BCUT2D eigenvalue weighted by Gasteiger charge is -2.19. The smallest absolute Gasteiger partial charge is 0.159 e. The minimum atomic E-state index is 0.140. The number of nitrogens with zero attached hydrogens (tertiary/aromatic N) is 1. The molecule has 19 heavy (non-hydrogen) atoms. The summed E-state index contributed by atoms with van der Waals surface area (Å²) in [5.41, 5.74) is 3.37. The Balaban J connectivity index is 1.93. The molecule has 1 aromatic carbocycles. The summed E-state index contributed by atoms with van der Waals surface area (Å²) in [6.07, 6.45) is 1.03. The van der Waals surface area contributed by atoms with Crippen LogP contribution in [0.1, 0.15) is 36.7 Å². The van der Waals surface area contributed by atoms with Crippen molar-refractivity contribution in [2.24, 2.45) is 5.92 Å². The van der Waals surface area contributed by atoms with E-state index < -0.39 is 0 Å². The number of ether oxygens (including phenoxy) is 1. The molecule has 0 amide bonds. The fourth-order valence-corrected chi connectivity index (χ4v) is 2.42. The van der Waals surface area contributed by atoms with Gasteiger partial charge in [0.1, 0.15) is 0 Å². The summed E-state index contributed by atoms with van der Waals surface area (Å²) in [7, 11) is 0. The molecule has 3 heteroatoms. The predicted molar refractivity (Wildman–Crippen MR) is 78.0 cm³/mol. The fourth-order valence-electron chi connectivity index (χ4n) is 2.42. The van der Waals surface area contributed by atoms with Crippen molar-refractivity contribution in [2.45, 2.75) is 27.2 Å². The van der Waals surface area contributed by atoms with Crippen LogP contribution in [0, 0.1) is 5.92 Å². The zero-order chi connectivity index (χ0) is 13.8. The second-order valence-electron chi connectivity index (χ2n) is 5.61. The Kier molecular flexibility index (Phi) is 4.59. The maximum Gasteiger partial charge on any atom is 0.159 e. The van der Waals surface area contributed by atoms with E-state index in [4.69, 9.17) is 4.74 Å². The summed E-state index contributed by atoms with van der Waals surface area (Å²) in [6.45, 7) is 9.49. The van der Waals surface area contributed by atoms with E-state index in [1.807, 2.05) is 12.1 Å². The summed E-state index contributed by atoms with van der Waals surface area (Å²) < 4.78 is 5.64. The third-order valence-corrected chi connectivity index (χ3v) is 3.43. The topological polar surface area (TPSA) is 29.5 Å². The minimum Gasteiger partial charge on any atom is -0.379 e. The molecule has 0 unspecified atom stereocenters. The number of fused-ring (bicyclic) bond motifs is 1. The van der Waals surface area contributed by atoms with E-state index in [1.165, 1.54) is 11.3 Å². The van der Waals surface area contributed by atoms with E-state index in [-0.39, 0.29) is 5.78 Å². The predicted octanol–water partition coefficient (Wildman–Crippen LogP) is 2.92. The van der Waals surface area contributed by atoms with Crippen molar-refractivity contribution in [2.75, 3.05) is 31.2 Å². The molecule has 0 bridgehead atoms. The van der Waals surface area contributed by atoms with Crippen LogP contribution < -0.4 is 4.90 Å². The summed E-state index contributed by atoms with van der Waals surface area (Å²) in [5.74, 6) is 0.727. The molecule has 0 atom stereocenters. The molecule has 2 rings (SSSR count). The molecule has 1 aromatic rings. The molecule has 1 aliphatic heterocycles. The first-order chi connectivity index (χ1) is 9.08. The highest BCUT2D eigenvalue weighted by molar-refractivity contribution is 5.94. The number of ketones is 1. The number of rotatable bonds is 6. The first-order valence-corrected chi connectivity index (χ1v) is 7.04. The molecule has 1 heterocycles. The van der Waals surface area contributed by atoms with Gasteiger partial charge >= 0.3 is 0 Å². The molecule has 0 fully saturated rings. The molecule has 0 N–H and O–H groups in total. The number of benzene rings is 1. The van der Waals surface area contributed by atoms with Gasteiger partial charge in [-0.3, -0.25) is 4.79 Å². The second kappa shape index (κ2) is 6.20. The maximum absolute atomic E-state index is 11.4. The van der Waals surface area contributed by atoms with Gasteiger partial charge in [-0.05, 0) is 43.0 Å². The molecule has 104 valence electrons. The Morgan fingerprint density at radius 2 is 2.21 bits per heavy atom. The highest BCUT2D eigenvalue weighted by Crippen LogP contribution is 2.28. The number of anilines is 1. The molecular formula is C16H23NO2. The molecule has 0 aromatic heterocycles. The Bertz CT molecular complexity index is 454. The summed E-state index contributed by atoms with van der Waals surface area (Å²) in [4.78, 5) is 13.7. The zero-order valence-corrected chi connectivity index (χ0v) is 12.1. The van der Waals surface area contributed by atoms with Crippen LogP contribution in [-0.4, -0.2) is 32.1 Å². The van der Waals surface area contributed by atoms with Crippen LogP contribution in [-0.2, 0) is 11.2 Å². The molecule has 0 saturated heterocycles. The molecule has 0 saturated carbocycles. The van der Waals surface area contributed by atoms with E-state index in [0.29, 0.717) is 5.92 Å². The molecule has 1 aliphatic rings. The van der Waals surface area contributed by atoms with Crippen molar-refractivity contribution < 1.29 is 9.53 Å². The SMILES string of the molecule is CC(=O)c1ccc2c(c1)CCN2CCOCC(C)C. The highest BCUT2D eigenvalue weighted by atomic mass is 16.5. The Hall–Kier alpha value is -1.35. The van der Waals surface area contributed by atoms with Crippen molar-refractivity contribution in [1.82, 2.24) is 0 Å². The number of hydrogen-bond donors (Lipinski definition) is 0. The first kappa shape index (κ1) is 14.1. The molecular weight excluding hydrogens is 238 g/mol. The van der Waals surface area contributed by atoms with E-state index in [9.17, 15) is 4.79 Å². The van der Waals surface area contributed by atoms with E-state index in [2.05, 4.69) is 24.8 Å². The Morgan fingerprint density at radius 1 is 1.42 bits per heavy atom. The molecule has 0 spiro atoms. The number of hydrogen-bond acceptors (Lipinski definition) is 3. The van der Waals surface area contributed by atoms with Crippen LogP contribution in [0.5, 0.6) is 0 Å². The standard InChI is InChI=1S/C16H23NO2/c1-12(2)11-19-9-8-17-7-6-15-10-14(13(3)18)4-5-16(15)17/h4-5,10,12H,6-9,11H2,1-3H3. The summed E-state index contributed by atoms with van der Waals surface area (Å²) in [5, 5.41) is 0. The Labute approximate surface area is 115 Å². The molecule has 0 radical (unpaired) electrons. The quantitative estimate of drug-likeness (QED) is 0.582. The lowest BCUT2D eigenvalue weighted by atomic mass is 10.1. The summed E-state index contributed by atoms with van der Waals surface area (Å²) in [6, 6.07) is 6.03. The average Bonchev–Trinajstić information content (AvgIpc) is 2.76.